The molecule has 108 valence electrons. The summed E-state index contributed by atoms with van der Waals surface area (Å²) in [5.74, 6) is 1.63. The molecule has 0 saturated carbocycles. The topological polar surface area (TPSA) is 21.3 Å². The van der Waals surface area contributed by atoms with E-state index < -0.39 is 0 Å². The summed E-state index contributed by atoms with van der Waals surface area (Å²) in [4.78, 5) is 0. The van der Waals surface area contributed by atoms with Crippen LogP contribution in [0, 0.1) is 5.92 Å². The van der Waals surface area contributed by atoms with E-state index in [2.05, 4.69) is 33.0 Å². The minimum Gasteiger partial charge on any atom is -0.493 e. The van der Waals surface area contributed by atoms with Crippen molar-refractivity contribution in [1.82, 2.24) is 5.32 Å². The van der Waals surface area contributed by atoms with Gasteiger partial charge in [-0.1, -0.05) is 45.4 Å². The Morgan fingerprint density at radius 2 is 1.95 bits per heavy atom. The van der Waals surface area contributed by atoms with E-state index >= 15 is 0 Å². The fourth-order valence-corrected chi connectivity index (χ4v) is 2.06. The molecule has 19 heavy (non-hydrogen) atoms. The van der Waals surface area contributed by atoms with Gasteiger partial charge in [0, 0.05) is 23.2 Å². The van der Waals surface area contributed by atoms with Crippen molar-refractivity contribution >= 4 is 11.6 Å². The molecule has 0 radical (unpaired) electrons. The van der Waals surface area contributed by atoms with Crippen molar-refractivity contribution in [3.8, 4) is 5.75 Å². The first kappa shape index (κ1) is 16.3. The van der Waals surface area contributed by atoms with Crippen LogP contribution >= 0.6 is 11.6 Å². The molecule has 0 saturated heterocycles. The first-order chi connectivity index (χ1) is 9.00. The summed E-state index contributed by atoms with van der Waals surface area (Å²) < 4.78 is 5.88. The van der Waals surface area contributed by atoms with E-state index in [9.17, 15) is 0 Å². The Labute approximate surface area is 122 Å². The minimum atomic E-state index is 0.435. The van der Waals surface area contributed by atoms with Crippen LogP contribution in [0.25, 0.3) is 0 Å². The molecule has 0 aliphatic carbocycles. The van der Waals surface area contributed by atoms with Gasteiger partial charge in [-0.25, -0.2) is 0 Å². The molecule has 0 amide bonds. The average molecular weight is 284 g/mol. The molecular weight excluding hydrogens is 258 g/mol. The lowest BCUT2D eigenvalue weighted by atomic mass is 10.1. The molecule has 1 rings (SSSR count). The van der Waals surface area contributed by atoms with Crippen LogP contribution in [-0.2, 0) is 6.54 Å². The van der Waals surface area contributed by atoms with Gasteiger partial charge in [0.25, 0.3) is 0 Å². The largest absolute Gasteiger partial charge is 0.493 e. The molecule has 0 aliphatic heterocycles. The van der Waals surface area contributed by atoms with Gasteiger partial charge in [0.15, 0.2) is 0 Å². The number of nitrogens with one attached hydrogen (secondary N) is 1. The van der Waals surface area contributed by atoms with Crippen LogP contribution in [-0.4, -0.2) is 12.6 Å². The molecule has 1 aromatic rings. The number of benzene rings is 1. The van der Waals surface area contributed by atoms with Crippen molar-refractivity contribution in [3.63, 3.8) is 0 Å². The molecule has 0 atom stereocenters. The van der Waals surface area contributed by atoms with Gasteiger partial charge in [-0.05, 0) is 30.9 Å². The van der Waals surface area contributed by atoms with Gasteiger partial charge in [0.2, 0.25) is 0 Å². The number of rotatable bonds is 8. The number of hydrogen-bond donors (Lipinski definition) is 1. The molecule has 2 nitrogen and oxygen atoms in total. The predicted octanol–water partition coefficient (Wildman–Crippen LogP) is 4.65. The summed E-state index contributed by atoms with van der Waals surface area (Å²) in [7, 11) is 0. The van der Waals surface area contributed by atoms with Gasteiger partial charge in [0.05, 0.1) is 6.61 Å². The maximum atomic E-state index is 6.26. The molecule has 0 aliphatic rings. The van der Waals surface area contributed by atoms with Crippen molar-refractivity contribution in [1.29, 1.82) is 0 Å². The second-order valence-electron chi connectivity index (χ2n) is 5.64. The Morgan fingerprint density at radius 3 is 2.58 bits per heavy atom. The van der Waals surface area contributed by atoms with E-state index in [1.807, 2.05) is 18.2 Å². The molecule has 1 aromatic carbocycles. The first-order valence-electron chi connectivity index (χ1n) is 7.14. The Bertz CT molecular complexity index is 377. The van der Waals surface area contributed by atoms with E-state index in [1.54, 1.807) is 0 Å². The maximum absolute atomic E-state index is 6.26. The molecule has 3 heteroatoms. The number of hydrogen-bond acceptors (Lipinski definition) is 2. The van der Waals surface area contributed by atoms with Crippen LogP contribution < -0.4 is 10.1 Å². The van der Waals surface area contributed by atoms with Crippen molar-refractivity contribution in [2.75, 3.05) is 6.61 Å². The fourth-order valence-electron chi connectivity index (χ4n) is 1.83. The van der Waals surface area contributed by atoms with Gasteiger partial charge < -0.3 is 10.1 Å². The highest BCUT2D eigenvalue weighted by Crippen LogP contribution is 2.26. The number of ether oxygens (including phenoxy) is 1. The third kappa shape index (κ3) is 6.31. The van der Waals surface area contributed by atoms with Crippen molar-refractivity contribution in [3.05, 3.63) is 28.8 Å². The molecule has 0 bridgehead atoms. The van der Waals surface area contributed by atoms with Crippen LogP contribution in [0.3, 0.4) is 0 Å². The van der Waals surface area contributed by atoms with Gasteiger partial charge in [-0.15, -0.1) is 0 Å². The monoisotopic (exact) mass is 283 g/mol. The molecule has 0 spiro atoms. The Hall–Kier alpha value is -0.730. The van der Waals surface area contributed by atoms with Gasteiger partial charge in [-0.2, -0.15) is 0 Å². The second-order valence-corrected chi connectivity index (χ2v) is 6.04. The Morgan fingerprint density at radius 1 is 1.21 bits per heavy atom. The lowest BCUT2D eigenvalue weighted by Crippen LogP contribution is -2.22. The van der Waals surface area contributed by atoms with Gasteiger partial charge in [-0.3, -0.25) is 0 Å². The summed E-state index contributed by atoms with van der Waals surface area (Å²) >= 11 is 6.26. The van der Waals surface area contributed by atoms with Crippen molar-refractivity contribution in [2.24, 2.45) is 5.92 Å². The predicted molar refractivity (Wildman–Crippen MR) is 83.0 cm³/mol. The zero-order chi connectivity index (χ0) is 14.3. The summed E-state index contributed by atoms with van der Waals surface area (Å²) in [5, 5.41) is 4.16. The van der Waals surface area contributed by atoms with Crippen LogP contribution in [0.5, 0.6) is 5.75 Å². The Kier molecular flexibility index (Phi) is 7.25. The van der Waals surface area contributed by atoms with Crippen LogP contribution in [0.15, 0.2) is 18.2 Å². The highest BCUT2D eigenvalue weighted by atomic mass is 35.5. The maximum Gasteiger partial charge on any atom is 0.125 e. The van der Waals surface area contributed by atoms with E-state index in [-0.39, 0.29) is 0 Å². The Balaban J connectivity index is 2.58. The summed E-state index contributed by atoms with van der Waals surface area (Å²) in [5.41, 5.74) is 1.06. The average Bonchev–Trinajstić information content (AvgIpc) is 2.33. The van der Waals surface area contributed by atoms with E-state index in [0.717, 1.165) is 41.8 Å². The third-order valence-electron chi connectivity index (χ3n) is 2.95. The smallest absolute Gasteiger partial charge is 0.125 e. The lowest BCUT2D eigenvalue weighted by Gasteiger charge is -2.15. The molecule has 1 N–H and O–H groups in total. The molecule has 0 fully saturated rings. The standard InChI is InChI=1S/C16H26ClNO/c1-12(2)7-6-10-19-16-9-5-8-15(17)14(16)11-18-13(3)4/h5,8-9,12-13,18H,6-7,10-11H2,1-4H3. The molecular formula is C16H26ClNO. The highest BCUT2D eigenvalue weighted by Gasteiger charge is 2.08. The van der Waals surface area contributed by atoms with Gasteiger partial charge >= 0.3 is 0 Å². The van der Waals surface area contributed by atoms with Crippen LogP contribution in [0.2, 0.25) is 5.02 Å². The molecule has 0 aromatic heterocycles. The van der Waals surface area contributed by atoms with E-state index in [0.29, 0.717) is 6.04 Å². The quantitative estimate of drug-likeness (QED) is 0.701. The van der Waals surface area contributed by atoms with Crippen LogP contribution in [0.1, 0.15) is 46.1 Å². The van der Waals surface area contributed by atoms with Crippen molar-refractivity contribution in [2.45, 2.75) is 53.1 Å². The normalized spacial score (nSPS) is 11.3. The summed E-state index contributed by atoms with van der Waals surface area (Å²) in [6, 6.07) is 6.29. The lowest BCUT2D eigenvalue weighted by molar-refractivity contribution is 0.294. The van der Waals surface area contributed by atoms with Gasteiger partial charge in [0.1, 0.15) is 5.75 Å². The van der Waals surface area contributed by atoms with E-state index in [1.165, 1.54) is 6.42 Å². The zero-order valence-corrected chi connectivity index (χ0v) is 13.3. The SMILES string of the molecule is CC(C)CCCOc1cccc(Cl)c1CNC(C)C. The fraction of sp³-hybridized carbons (Fsp3) is 0.625. The zero-order valence-electron chi connectivity index (χ0n) is 12.5. The van der Waals surface area contributed by atoms with Crippen LogP contribution in [0.4, 0.5) is 0 Å². The van der Waals surface area contributed by atoms with E-state index in [4.69, 9.17) is 16.3 Å². The van der Waals surface area contributed by atoms with Crippen molar-refractivity contribution < 1.29 is 4.74 Å². The third-order valence-corrected chi connectivity index (χ3v) is 3.30. The number of halogens is 1. The highest BCUT2D eigenvalue weighted by molar-refractivity contribution is 6.31. The first-order valence-corrected chi connectivity index (χ1v) is 7.52. The summed E-state index contributed by atoms with van der Waals surface area (Å²) in [6.45, 7) is 10.2. The molecule has 0 heterocycles. The molecule has 0 unspecified atom stereocenters. The minimum absolute atomic E-state index is 0.435. The second kappa shape index (κ2) is 8.44. The summed E-state index contributed by atoms with van der Waals surface area (Å²) in [6.07, 6.45) is 2.28.